The molecule has 0 heterocycles. The minimum absolute atomic E-state index is 0.0930. The predicted octanol–water partition coefficient (Wildman–Crippen LogP) is 2.69. The molecule has 124 valence electrons. The molecule has 0 bridgehead atoms. The largest absolute Gasteiger partial charge is 0.355 e. The summed E-state index contributed by atoms with van der Waals surface area (Å²) in [6, 6.07) is 17.1. The van der Waals surface area contributed by atoms with Crippen molar-refractivity contribution in [1.29, 1.82) is 0 Å². The van der Waals surface area contributed by atoms with Gasteiger partial charge in [0.15, 0.2) is 0 Å². The van der Waals surface area contributed by atoms with Crippen molar-refractivity contribution < 1.29 is 9.59 Å². The molecule has 2 amide bonds. The first kappa shape index (κ1) is 16.1. The van der Waals surface area contributed by atoms with E-state index < -0.39 is 0 Å². The number of amides is 2. The Morgan fingerprint density at radius 3 is 2.29 bits per heavy atom. The third-order valence-corrected chi connectivity index (χ3v) is 3.88. The van der Waals surface area contributed by atoms with Crippen LogP contribution in [0.5, 0.6) is 0 Å². The van der Waals surface area contributed by atoms with Gasteiger partial charge in [-0.05, 0) is 37.1 Å². The van der Waals surface area contributed by atoms with Gasteiger partial charge in [-0.15, -0.1) is 0 Å². The molecule has 24 heavy (non-hydrogen) atoms. The van der Waals surface area contributed by atoms with E-state index in [1.54, 1.807) is 6.07 Å². The average Bonchev–Trinajstić information content (AvgIpc) is 3.45. The minimum atomic E-state index is -0.158. The second-order valence-corrected chi connectivity index (χ2v) is 5.86. The Labute approximate surface area is 141 Å². The van der Waals surface area contributed by atoms with Gasteiger partial charge in [-0.25, -0.2) is 0 Å². The fourth-order valence-electron chi connectivity index (χ4n) is 2.41. The zero-order valence-electron chi connectivity index (χ0n) is 13.4. The number of hydrogen-bond donors (Lipinski definition) is 3. The van der Waals surface area contributed by atoms with E-state index in [1.165, 1.54) is 0 Å². The van der Waals surface area contributed by atoms with Crippen molar-refractivity contribution in [1.82, 2.24) is 10.6 Å². The highest BCUT2D eigenvalue weighted by Crippen LogP contribution is 2.28. The third kappa shape index (κ3) is 4.35. The second kappa shape index (κ2) is 7.64. The van der Waals surface area contributed by atoms with Crippen molar-refractivity contribution in [3.05, 3.63) is 60.2 Å². The molecule has 1 aliphatic rings. The average molecular weight is 323 g/mol. The molecule has 0 radical (unpaired) electrons. The van der Waals surface area contributed by atoms with Crippen LogP contribution in [0.25, 0.3) is 0 Å². The van der Waals surface area contributed by atoms with Crippen LogP contribution in [0.3, 0.4) is 0 Å². The highest BCUT2D eigenvalue weighted by molar-refractivity contribution is 6.00. The SMILES string of the molecule is O=C(NCCNC(=O)C1CC1)c1ccccc1Nc1ccccc1. The molecule has 1 aliphatic carbocycles. The third-order valence-electron chi connectivity index (χ3n) is 3.88. The van der Waals surface area contributed by atoms with Crippen LogP contribution in [0, 0.1) is 5.92 Å². The summed E-state index contributed by atoms with van der Waals surface area (Å²) in [5.74, 6) is 0.126. The Hall–Kier alpha value is -2.82. The van der Waals surface area contributed by atoms with Crippen LogP contribution in [0.15, 0.2) is 54.6 Å². The van der Waals surface area contributed by atoms with Crippen molar-refractivity contribution in [2.75, 3.05) is 18.4 Å². The van der Waals surface area contributed by atoms with E-state index in [0.717, 1.165) is 24.2 Å². The van der Waals surface area contributed by atoms with Crippen LogP contribution in [0.1, 0.15) is 23.2 Å². The Bertz CT molecular complexity index is 712. The van der Waals surface area contributed by atoms with E-state index in [2.05, 4.69) is 16.0 Å². The molecule has 1 fully saturated rings. The topological polar surface area (TPSA) is 70.2 Å². The van der Waals surface area contributed by atoms with E-state index in [1.807, 2.05) is 48.5 Å². The number of carbonyl (C=O) groups excluding carboxylic acids is 2. The summed E-state index contributed by atoms with van der Waals surface area (Å²) in [5, 5.41) is 8.94. The van der Waals surface area contributed by atoms with Gasteiger partial charge in [-0.1, -0.05) is 30.3 Å². The summed E-state index contributed by atoms with van der Waals surface area (Å²) >= 11 is 0. The summed E-state index contributed by atoms with van der Waals surface area (Å²) in [6.45, 7) is 0.867. The summed E-state index contributed by atoms with van der Waals surface area (Å²) in [5.41, 5.74) is 2.26. The van der Waals surface area contributed by atoms with Crippen LogP contribution in [-0.4, -0.2) is 24.9 Å². The molecule has 1 saturated carbocycles. The molecule has 2 aromatic carbocycles. The van der Waals surface area contributed by atoms with Crippen molar-refractivity contribution in [2.24, 2.45) is 5.92 Å². The number of anilines is 2. The van der Waals surface area contributed by atoms with Gasteiger partial charge in [-0.2, -0.15) is 0 Å². The van der Waals surface area contributed by atoms with Crippen molar-refractivity contribution in [3.8, 4) is 0 Å². The number of carbonyl (C=O) groups is 2. The molecule has 0 atom stereocenters. The highest BCUT2D eigenvalue weighted by Gasteiger charge is 2.29. The predicted molar refractivity (Wildman–Crippen MR) is 94.2 cm³/mol. The maximum absolute atomic E-state index is 12.4. The van der Waals surface area contributed by atoms with Gasteiger partial charge in [0.2, 0.25) is 5.91 Å². The molecule has 0 aromatic heterocycles. The molecular formula is C19H21N3O2. The summed E-state index contributed by atoms with van der Waals surface area (Å²) in [4.78, 5) is 23.9. The molecule has 0 saturated heterocycles. The van der Waals surface area contributed by atoms with Crippen molar-refractivity contribution in [2.45, 2.75) is 12.8 Å². The number of hydrogen-bond acceptors (Lipinski definition) is 3. The molecule has 5 nitrogen and oxygen atoms in total. The molecule has 0 aliphatic heterocycles. The van der Waals surface area contributed by atoms with Gasteiger partial charge in [0, 0.05) is 24.7 Å². The Balaban J connectivity index is 1.55. The van der Waals surface area contributed by atoms with Gasteiger partial charge < -0.3 is 16.0 Å². The first-order valence-electron chi connectivity index (χ1n) is 8.21. The number of para-hydroxylation sites is 2. The van der Waals surface area contributed by atoms with E-state index in [4.69, 9.17) is 0 Å². The summed E-state index contributed by atoms with van der Waals surface area (Å²) in [7, 11) is 0. The van der Waals surface area contributed by atoms with E-state index in [0.29, 0.717) is 18.7 Å². The molecule has 0 spiro atoms. The Morgan fingerprint density at radius 1 is 0.875 bits per heavy atom. The smallest absolute Gasteiger partial charge is 0.253 e. The van der Waals surface area contributed by atoms with Gasteiger partial charge in [-0.3, -0.25) is 9.59 Å². The van der Waals surface area contributed by atoms with Crippen molar-refractivity contribution in [3.63, 3.8) is 0 Å². The Morgan fingerprint density at radius 2 is 1.54 bits per heavy atom. The normalized spacial score (nSPS) is 13.2. The monoisotopic (exact) mass is 323 g/mol. The van der Waals surface area contributed by atoms with Crippen LogP contribution in [0.2, 0.25) is 0 Å². The van der Waals surface area contributed by atoms with Gasteiger partial charge in [0.25, 0.3) is 5.91 Å². The van der Waals surface area contributed by atoms with Crippen LogP contribution >= 0.6 is 0 Å². The Kier molecular flexibility index (Phi) is 5.11. The summed E-state index contributed by atoms with van der Waals surface area (Å²) in [6.07, 6.45) is 1.97. The first-order chi connectivity index (χ1) is 11.7. The fourth-order valence-corrected chi connectivity index (χ4v) is 2.41. The second-order valence-electron chi connectivity index (χ2n) is 5.86. The lowest BCUT2D eigenvalue weighted by atomic mass is 10.1. The molecular weight excluding hydrogens is 302 g/mol. The summed E-state index contributed by atoms with van der Waals surface area (Å²) < 4.78 is 0. The maximum atomic E-state index is 12.4. The molecule has 5 heteroatoms. The standard InChI is InChI=1S/C19H21N3O2/c23-18(14-10-11-14)20-12-13-21-19(24)16-8-4-5-9-17(16)22-15-6-2-1-3-7-15/h1-9,14,22H,10-13H2,(H,20,23)(H,21,24). The molecule has 3 rings (SSSR count). The van der Waals surface area contributed by atoms with Gasteiger partial charge >= 0.3 is 0 Å². The zero-order chi connectivity index (χ0) is 16.8. The van der Waals surface area contributed by atoms with E-state index in [9.17, 15) is 9.59 Å². The highest BCUT2D eigenvalue weighted by atomic mass is 16.2. The molecule has 3 N–H and O–H groups in total. The van der Waals surface area contributed by atoms with Gasteiger partial charge in [0.05, 0.1) is 11.3 Å². The number of benzene rings is 2. The zero-order valence-corrected chi connectivity index (χ0v) is 13.4. The molecule has 0 unspecified atom stereocenters. The van der Waals surface area contributed by atoms with E-state index >= 15 is 0 Å². The van der Waals surface area contributed by atoms with Crippen LogP contribution in [-0.2, 0) is 4.79 Å². The maximum Gasteiger partial charge on any atom is 0.253 e. The van der Waals surface area contributed by atoms with Gasteiger partial charge in [0.1, 0.15) is 0 Å². The number of nitrogens with one attached hydrogen (secondary N) is 3. The minimum Gasteiger partial charge on any atom is -0.355 e. The quantitative estimate of drug-likeness (QED) is 0.686. The molecule has 2 aromatic rings. The number of rotatable bonds is 7. The first-order valence-corrected chi connectivity index (χ1v) is 8.21. The van der Waals surface area contributed by atoms with Crippen molar-refractivity contribution >= 4 is 23.2 Å². The fraction of sp³-hybridized carbons (Fsp3) is 0.263. The van der Waals surface area contributed by atoms with Crippen LogP contribution < -0.4 is 16.0 Å². The lowest BCUT2D eigenvalue weighted by Gasteiger charge is -2.12. The lowest BCUT2D eigenvalue weighted by Crippen LogP contribution is -2.35. The van der Waals surface area contributed by atoms with E-state index in [-0.39, 0.29) is 17.7 Å². The lowest BCUT2D eigenvalue weighted by molar-refractivity contribution is -0.122. The van der Waals surface area contributed by atoms with Crippen LogP contribution in [0.4, 0.5) is 11.4 Å².